The van der Waals surface area contributed by atoms with Crippen LogP contribution in [0.4, 0.5) is 0 Å². The second-order valence-corrected chi connectivity index (χ2v) is 5.86. The number of benzene rings is 2. The van der Waals surface area contributed by atoms with Crippen molar-refractivity contribution in [3.05, 3.63) is 42.0 Å². The maximum Gasteiger partial charge on any atom is 0.116 e. The monoisotopic (exact) mass is 309 g/mol. The third kappa shape index (κ3) is 4.60. The van der Waals surface area contributed by atoms with Crippen LogP contribution in [0.2, 0.25) is 0 Å². The molecule has 0 radical (unpaired) electrons. The molecule has 21 heavy (non-hydrogen) atoms. The van der Waals surface area contributed by atoms with Crippen LogP contribution in [0.25, 0.3) is 10.8 Å². The fourth-order valence-corrected chi connectivity index (χ4v) is 2.36. The number of aromatic hydroxyl groups is 1. The number of phenols is 1. The highest BCUT2D eigenvalue weighted by molar-refractivity contribution is 5.85. The lowest BCUT2D eigenvalue weighted by atomic mass is 9.94. The van der Waals surface area contributed by atoms with Gasteiger partial charge in [-0.15, -0.1) is 12.4 Å². The van der Waals surface area contributed by atoms with Gasteiger partial charge in [-0.05, 0) is 53.3 Å². The van der Waals surface area contributed by atoms with Gasteiger partial charge in [0.15, 0.2) is 0 Å². The molecule has 0 fully saturated rings. The van der Waals surface area contributed by atoms with E-state index in [1.54, 1.807) is 12.1 Å². The van der Waals surface area contributed by atoms with Crippen molar-refractivity contribution < 1.29 is 10.2 Å². The van der Waals surface area contributed by atoms with Crippen molar-refractivity contribution in [2.45, 2.75) is 38.8 Å². The number of nitrogens with two attached hydrogens (primary N) is 1. The van der Waals surface area contributed by atoms with Crippen LogP contribution < -0.4 is 5.73 Å². The molecule has 2 atom stereocenters. The number of hydrogen-bond donors (Lipinski definition) is 3. The molecule has 2 rings (SSSR count). The summed E-state index contributed by atoms with van der Waals surface area (Å²) < 4.78 is 0. The Morgan fingerprint density at radius 1 is 1.00 bits per heavy atom. The first kappa shape index (κ1) is 17.8. The number of hydrogen-bond acceptors (Lipinski definition) is 3. The molecule has 116 valence electrons. The second kappa shape index (κ2) is 7.64. The van der Waals surface area contributed by atoms with Gasteiger partial charge in [-0.2, -0.15) is 0 Å². The van der Waals surface area contributed by atoms with Gasteiger partial charge < -0.3 is 15.9 Å². The van der Waals surface area contributed by atoms with E-state index in [4.69, 9.17) is 5.73 Å². The average molecular weight is 310 g/mol. The highest BCUT2D eigenvalue weighted by atomic mass is 35.5. The van der Waals surface area contributed by atoms with Crippen molar-refractivity contribution in [3.8, 4) is 5.75 Å². The van der Waals surface area contributed by atoms with Gasteiger partial charge in [-0.3, -0.25) is 0 Å². The van der Waals surface area contributed by atoms with Crippen molar-refractivity contribution in [3.63, 3.8) is 0 Å². The van der Waals surface area contributed by atoms with Gasteiger partial charge in [0.2, 0.25) is 0 Å². The Morgan fingerprint density at radius 2 is 1.62 bits per heavy atom. The molecule has 0 aliphatic heterocycles. The first-order valence-corrected chi connectivity index (χ1v) is 7.13. The molecule has 4 heteroatoms. The molecular weight excluding hydrogens is 286 g/mol. The molecule has 4 N–H and O–H groups in total. The Balaban J connectivity index is 0.00000220. The van der Waals surface area contributed by atoms with Crippen LogP contribution in [0, 0.1) is 5.92 Å². The van der Waals surface area contributed by atoms with Crippen molar-refractivity contribution >= 4 is 23.2 Å². The zero-order chi connectivity index (χ0) is 14.7. The molecule has 0 amide bonds. The highest BCUT2D eigenvalue weighted by Crippen LogP contribution is 2.25. The van der Waals surface area contributed by atoms with E-state index in [9.17, 15) is 10.2 Å². The lowest BCUT2D eigenvalue weighted by Gasteiger charge is -2.20. The number of fused-ring (bicyclic) bond motifs is 1. The molecule has 0 saturated heterocycles. The Morgan fingerprint density at radius 3 is 2.29 bits per heavy atom. The Labute approximate surface area is 132 Å². The van der Waals surface area contributed by atoms with Crippen LogP contribution in [0.5, 0.6) is 5.75 Å². The van der Waals surface area contributed by atoms with Crippen LogP contribution in [0.3, 0.4) is 0 Å². The molecule has 2 aromatic rings. The largest absolute Gasteiger partial charge is 0.508 e. The lowest BCUT2D eigenvalue weighted by Crippen LogP contribution is -2.26. The molecular formula is C17H24ClNO2. The maximum absolute atomic E-state index is 10.2. The SMILES string of the molecule is CC(C)CC[C@@H](O)[C@@H](N)c1ccc2cc(O)ccc2c1.Cl. The van der Waals surface area contributed by atoms with E-state index in [0.29, 0.717) is 12.3 Å². The first-order chi connectivity index (χ1) is 9.47. The van der Waals surface area contributed by atoms with E-state index < -0.39 is 6.10 Å². The summed E-state index contributed by atoms with van der Waals surface area (Å²) in [6.45, 7) is 4.28. The Bertz CT molecular complexity index is 586. The van der Waals surface area contributed by atoms with E-state index >= 15 is 0 Å². The molecule has 0 aromatic heterocycles. The van der Waals surface area contributed by atoms with Gasteiger partial charge in [0.1, 0.15) is 5.75 Å². The number of aliphatic hydroxyl groups is 1. The topological polar surface area (TPSA) is 66.5 Å². The molecule has 0 aliphatic carbocycles. The van der Waals surface area contributed by atoms with Crippen LogP contribution >= 0.6 is 12.4 Å². The van der Waals surface area contributed by atoms with Gasteiger partial charge in [0.05, 0.1) is 12.1 Å². The average Bonchev–Trinajstić information content (AvgIpc) is 2.43. The van der Waals surface area contributed by atoms with Crippen LogP contribution in [0.15, 0.2) is 36.4 Å². The zero-order valence-electron chi connectivity index (χ0n) is 12.5. The summed E-state index contributed by atoms with van der Waals surface area (Å²) in [7, 11) is 0. The van der Waals surface area contributed by atoms with E-state index in [-0.39, 0.29) is 24.2 Å². The highest BCUT2D eigenvalue weighted by Gasteiger charge is 2.17. The van der Waals surface area contributed by atoms with E-state index in [1.165, 1.54) is 0 Å². The predicted octanol–water partition coefficient (Wildman–Crippen LogP) is 3.76. The minimum Gasteiger partial charge on any atom is -0.508 e. The molecule has 0 aliphatic rings. The molecule has 3 nitrogen and oxygen atoms in total. The summed E-state index contributed by atoms with van der Waals surface area (Å²) in [4.78, 5) is 0. The predicted molar refractivity (Wildman–Crippen MR) is 89.9 cm³/mol. The zero-order valence-corrected chi connectivity index (χ0v) is 13.3. The number of aliphatic hydroxyl groups excluding tert-OH is 1. The quantitative estimate of drug-likeness (QED) is 0.787. The third-order valence-electron chi connectivity index (χ3n) is 3.69. The number of rotatable bonds is 5. The summed E-state index contributed by atoms with van der Waals surface area (Å²) >= 11 is 0. The van der Waals surface area contributed by atoms with Gasteiger partial charge >= 0.3 is 0 Å². The van der Waals surface area contributed by atoms with Crippen LogP contribution in [-0.4, -0.2) is 16.3 Å². The molecule has 2 aromatic carbocycles. The van der Waals surface area contributed by atoms with E-state index in [1.807, 2.05) is 24.3 Å². The van der Waals surface area contributed by atoms with Gasteiger partial charge in [-0.1, -0.05) is 32.0 Å². The van der Waals surface area contributed by atoms with Crippen molar-refractivity contribution in [2.24, 2.45) is 11.7 Å². The molecule has 0 unspecified atom stereocenters. The van der Waals surface area contributed by atoms with Gasteiger partial charge in [-0.25, -0.2) is 0 Å². The number of phenolic OH excluding ortho intramolecular Hbond substituents is 1. The molecule has 0 heterocycles. The minimum atomic E-state index is -0.521. The summed E-state index contributed by atoms with van der Waals surface area (Å²) in [6.07, 6.45) is 1.16. The standard InChI is InChI=1S/C17H23NO2.ClH/c1-11(2)3-8-16(20)17(18)14-5-4-13-10-15(19)7-6-12(13)9-14;/h4-7,9-11,16-17,19-20H,3,8,18H2,1-2H3;1H/t16-,17+;/m1./s1. The maximum atomic E-state index is 10.2. The van der Waals surface area contributed by atoms with E-state index in [0.717, 1.165) is 22.8 Å². The summed E-state index contributed by atoms with van der Waals surface area (Å²) in [6, 6.07) is 10.7. The third-order valence-corrected chi connectivity index (χ3v) is 3.69. The first-order valence-electron chi connectivity index (χ1n) is 7.13. The van der Waals surface area contributed by atoms with Gasteiger partial charge in [0, 0.05) is 0 Å². The smallest absolute Gasteiger partial charge is 0.116 e. The lowest BCUT2D eigenvalue weighted by molar-refractivity contribution is 0.128. The van der Waals surface area contributed by atoms with Crippen LogP contribution in [-0.2, 0) is 0 Å². The number of halogens is 1. The minimum absolute atomic E-state index is 0. The molecule has 0 saturated carbocycles. The summed E-state index contributed by atoms with van der Waals surface area (Å²) in [5.74, 6) is 0.822. The fraction of sp³-hybridized carbons (Fsp3) is 0.412. The summed E-state index contributed by atoms with van der Waals surface area (Å²) in [5.41, 5.74) is 7.08. The Kier molecular flexibility index (Phi) is 6.46. The molecule has 0 bridgehead atoms. The van der Waals surface area contributed by atoms with Crippen molar-refractivity contribution in [2.75, 3.05) is 0 Å². The normalized spacial score (nSPS) is 14.0. The summed E-state index contributed by atoms with van der Waals surface area (Å²) in [5, 5.41) is 21.6. The van der Waals surface area contributed by atoms with Crippen molar-refractivity contribution in [1.29, 1.82) is 0 Å². The molecule has 0 spiro atoms. The van der Waals surface area contributed by atoms with Crippen LogP contribution in [0.1, 0.15) is 38.3 Å². The fourth-order valence-electron chi connectivity index (χ4n) is 2.36. The van der Waals surface area contributed by atoms with E-state index in [2.05, 4.69) is 13.8 Å². The van der Waals surface area contributed by atoms with Crippen molar-refractivity contribution in [1.82, 2.24) is 0 Å². The second-order valence-electron chi connectivity index (χ2n) is 5.86. The Hall–Kier alpha value is -1.29. The van der Waals surface area contributed by atoms with Gasteiger partial charge in [0.25, 0.3) is 0 Å².